The van der Waals surface area contributed by atoms with Gasteiger partial charge in [-0.15, -0.1) is 0 Å². The highest BCUT2D eigenvalue weighted by Gasteiger charge is 2.39. The van der Waals surface area contributed by atoms with Crippen LogP contribution in [0.1, 0.15) is 60.5 Å². The standard InChI is InChI=1S/C26H41N3O4S2/c1-18(2)16-23(28(35-20(4)31)14-15-34-26(5,6)7)25(33)29(19(3)30)22(24(32)27-8)17-21-12-10-9-11-13-21/h9-13,18,22-23H,14-17H2,1-8H3,(H,27,32)/t22-,23-/m0/s1. The zero-order valence-corrected chi connectivity index (χ0v) is 23.9. The van der Waals surface area contributed by atoms with E-state index in [0.29, 0.717) is 18.7 Å². The fraction of sp³-hybridized carbons (Fsp3) is 0.615. The lowest BCUT2D eigenvalue weighted by Crippen LogP contribution is -2.57. The van der Waals surface area contributed by atoms with E-state index >= 15 is 0 Å². The zero-order chi connectivity index (χ0) is 26.8. The molecule has 0 unspecified atom stereocenters. The number of benzene rings is 1. The van der Waals surface area contributed by atoms with E-state index in [1.165, 1.54) is 20.9 Å². The normalized spacial score (nSPS) is 13.4. The predicted octanol–water partition coefficient (Wildman–Crippen LogP) is 4.16. The Morgan fingerprint density at radius 1 is 1.00 bits per heavy atom. The van der Waals surface area contributed by atoms with Gasteiger partial charge in [0.2, 0.25) is 22.8 Å². The van der Waals surface area contributed by atoms with Crippen LogP contribution in [-0.2, 0) is 25.6 Å². The summed E-state index contributed by atoms with van der Waals surface area (Å²) in [4.78, 5) is 53.0. The summed E-state index contributed by atoms with van der Waals surface area (Å²) in [6.07, 6.45) is 0.662. The van der Waals surface area contributed by atoms with Crippen LogP contribution >= 0.6 is 23.7 Å². The highest BCUT2D eigenvalue weighted by Crippen LogP contribution is 2.28. The summed E-state index contributed by atoms with van der Waals surface area (Å²) in [6, 6.07) is 7.60. The summed E-state index contributed by atoms with van der Waals surface area (Å²) in [5, 5.41) is 2.48. The first-order valence-corrected chi connectivity index (χ1v) is 13.7. The molecule has 0 fully saturated rings. The smallest absolute Gasteiger partial charge is 0.248 e. The van der Waals surface area contributed by atoms with Crippen molar-refractivity contribution in [1.82, 2.24) is 14.5 Å². The van der Waals surface area contributed by atoms with Crippen LogP contribution in [0.4, 0.5) is 0 Å². The molecule has 0 spiro atoms. The van der Waals surface area contributed by atoms with Crippen LogP contribution in [0.2, 0.25) is 0 Å². The SMILES string of the molecule is CNC(=O)[C@H](Cc1ccccc1)N(C(C)=O)C(=O)[C@H](CC(C)C)N(CCSC(C)(C)C)SC(C)=O. The summed E-state index contributed by atoms with van der Waals surface area (Å²) in [5.74, 6) is -0.505. The third-order valence-electron chi connectivity index (χ3n) is 5.13. The summed E-state index contributed by atoms with van der Waals surface area (Å²) >= 11 is 2.76. The van der Waals surface area contributed by atoms with Crippen molar-refractivity contribution in [2.45, 2.75) is 78.1 Å². The second-order valence-corrected chi connectivity index (χ2v) is 13.0. The molecule has 0 aromatic heterocycles. The van der Waals surface area contributed by atoms with E-state index in [4.69, 9.17) is 0 Å². The number of hydrogen-bond acceptors (Lipinski definition) is 7. The quantitative estimate of drug-likeness (QED) is 0.412. The van der Waals surface area contributed by atoms with Gasteiger partial charge in [0, 0.05) is 44.4 Å². The molecule has 1 aromatic carbocycles. The molecular weight excluding hydrogens is 482 g/mol. The Bertz CT molecular complexity index is 856. The average Bonchev–Trinajstić information content (AvgIpc) is 2.75. The molecule has 7 nitrogen and oxygen atoms in total. The molecule has 0 saturated heterocycles. The number of thioether (sulfide) groups is 1. The number of imide groups is 1. The maximum Gasteiger partial charge on any atom is 0.248 e. The van der Waals surface area contributed by atoms with Gasteiger partial charge >= 0.3 is 0 Å². The number of likely N-dealkylation sites (N-methyl/N-ethyl adjacent to an activating group) is 1. The molecule has 35 heavy (non-hydrogen) atoms. The first-order valence-electron chi connectivity index (χ1n) is 11.9. The fourth-order valence-electron chi connectivity index (χ4n) is 3.65. The monoisotopic (exact) mass is 523 g/mol. The van der Waals surface area contributed by atoms with Crippen LogP contribution in [0.25, 0.3) is 0 Å². The second-order valence-electron chi connectivity index (χ2n) is 9.88. The first kappa shape index (κ1) is 31.2. The third-order valence-corrected chi connectivity index (χ3v) is 7.31. The molecule has 1 rings (SSSR count). The number of rotatable bonds is 12. The Morgan fingerprint density at radius 2 is 1.60 bits per heavy atom. The fourth-order valence-corrected chi connectivity index (χ4v) is 5.49. The number of amides is 3. The Labute approximate surface area is 219 Å². The Balaban J connectivity index is 3.39. The first-order chi connectivity index (χ1) is 16.3. The lowest BCUT2D eigenvalue weighted by atomic mass is 9.99. The minimum Gasteiger partial charge on any atom is -0.357 e. The van der Waals surface area contributed by atoms with Crippen LogP contribution in [0.15, 0.2) is 30.3 Å². The number of carbonyl (C=O) groups is 4. The van der Waals surface area contributed by atoms with E-state index < -0.39 is 29.8 Å². The molecule has 1 aromatic rings. The summed E-state index contributed by atoms with van der Waals surface area (Å²) in [5.41, 5.74) is 0.845. The molecule has 9 heteroatoms. The average molecular weight is 524 g/mol. The minimum absolute atomic E-state index is 0.0372. The number of nitrogens with one attached hydrogen (secondary N) is 1. The number of hydrogen-bond donors (Lipinski definition) is 1. The van der Waals surface area contributed by atoms with Gasteiger partial charge < -0.3 is 5.32 Å². The summed E-state index contributed by atoms with van der Waals surface area (Å²) in [6.45, 7) is 13.6. The molecule has 0 heterocycles. The van der Waals surface area contributed by atoms with Crippen molar-refractivity contribution in [2.24, 2.45) is 5.92 Å². The summed E-state index contributed by atoms with van der Waals surface area (Å²) in [7, 11) is 1.50. The van der Waals surface area contributed by atoms with E-state index in [1.54, 1.807) is 16.1 Å². The van der Waals surface area contributed by atoms with Crippen LogP contribution in [0.3, 0.4) is 0 Å². The molecule has 0 aliphatic carbocycles. The molecule has 0 aliphatic rings. The van der Waals surface area contributed by atoms with E-state index in [-0.39, 0.29) is 22.2 Å². The lowest BCUT2D eigenvalue weighted by molar-refractivity contribution is -0.153. The zero-order valence-electron chi connectivity index (χ0n) is 22.3. The van der Waals surface area contributed by atoms with E-state index in [9.17, 15) is 19.2 Å². The van der Waals surface area contributed by atoms with Crippen molar-refractivity contribution in [2.75, 3.05) is 19.3 Å². The second kappa shape index (κ2) is 14.7. The maximum atomic E-state index is 14.0. The van der Waals surface area contributed by atoms with Gasteiger partial charge in [-0.1, -0.05) is 65.0 Å². The number of carbonyl (C=O) groups excluding carboxylic acids is 4. The van der Waals surface area contributed by atoms with Gasteiger partial charge in [0.25, 0.3) is 0 Å². The molecule has 0 bridgehead atoms. The topological polar surface area (TPSA) is 86.8 Å². The Hall–Kier alpha value is -1.84. The highest BCUT2D eigenvalue weighted by atomic mass is 32.2. The van der Waals surface area contributed by atoms with Crippen molar-refractivity contribution in [3.8, 4) is 0 Å². The number of nitrogens with zero attached hydrogens (tertiary/aromatic N) is 2. The summed E-state index contributed by atoms with van der Waals surface area (Å²) < 4.78 is 1.83. The van der Waals surface area contributed by atoms with Crippen molar-refractivity contribution in [1.29, 1.82) is 0 Å². The largest absolute Gasteiger partial charge is 0.357 e. The molecule has 0 saturated carbocycles. The highest BCUT2D eigenvalue weighted by molar-refractivity contribution is 8.11. The Kier molecular flexibility index (Phi) is 13.1. The lowest BCUT2D eigenvalue weighted by Gasteiger charge is -2.36. The molecule has 2 atom stereocenters. The van der Waals surface area contributed by atoms with Gasteiger partial charge in [0.1, 0.15) is 12.1 Å². The van der Waals surface area contributed by atoms with Crippen molar-refractivity contribution in [3.05, 3.63) is 35.9 Å². The predicted molar refractivity (Wildman–Crippen MR) is 146 cm³/mol. The van der Waals surface area contributed by atoms with Crippen LogP contribution in [0, 0.1) is 5.92 Å². The van der Waals surface area contributed by atoms with Crippen LogP contribution < -0.4 is 5.32 Å². The van der Waals surface area contributed by atoms with Gasteiger partial charge in [-0.25, -0.2) is 4.31 Å². The van der Waals surface area contributed by atoms with E-state index in [1.807, 2.05) is 44.2 Å². The maximum absolute atomic E-state index is 14.0. The van der Waals surface area contributed by atoms with Gasteiger partial charge in [0.05, 0.1) is 0 Å². The van der Waals surface area contributed by atoms with E-state index in [0.717, 1.165) is 22.4 Å². The Morgan fingerprint density at radius 3 is 2.06 bits per heavy atom. The minimum atomic E-state index is -0.991. The third kappa shape index (κ3) is 11.2. The van der Waals surface area contributed by atoms with Crippen LogP contribution in [0.5, 0.6) is 0 Å². The van der Waals surface area contributed by atoms with Gasteiger partial charge in [-0.3, -0.25) is 24.1 Å². The molecule has 1 N–H and O–H groups in total. The molecule has 0 aliphatic heterocycles. The molecular formula is C26H41N3O4S2. The van der Waals surface area contributed by atoms with Crippen molar-refractivity contribution in [3.63, 3.8) is 0 Å². The van der Waals surface area contributed by atoms with E-state index in [2.05, 4.69) is 26.1 Å². The van der Waals surface area contributed by atoms with Crippen molar-refractivity contribution < 1.29 is 19.2 Å². The van der Waals surface area contributed by atoms with Gasteiger partial charge in [0.15, 0.2) is 0 Å². The van der Waals surface area contributed by atoms with Gasteiger partial charge in [-0.2, -0.15) is 11.8 Å². The van der Waals surface area contributed by atoms with Gasteiger partial charge in [-0.05, 0) is 29.9 Å². The molecule has 3 amide bonds. The molecule has 196 valence electrons. The van der Waals surface area contributed by atoms with Crippen LogP contribution in [-0.4, -0.2) is 68.2 Å². The molecule has 0 radical (unpaired) electrons. The van der Waals surface area contributed by atoms with Crippen molar-refractivity contribution >= 4 is 46.5 Å².